The first-order chi connectivity index (χ1) is 9.10. The lowest BCUT2D eigenvalue weighted by molar-refractivity contribution is 0.241. The second-order valence-electron chi connectivity index (χ2n) is 5.97. The van der Waals surface area contributed by atoms with Crippen molar-refractivity contribution in [1.82, 2.24) is 15.1 Å². The van der Waals surface area contributed by atoms with Gasteiger partial charge in [-0.2, -0.15) is 5.10 Å². The second-order valence-corrected chi connectivity index (χ2v) is 6.37. The summed E-state index contributed by atoms with van der Waals surface area (Å²) >= 11 is 6.08. The van der Waals surface area contributed by atoms with E-state index in [-0.39, 0.29) is 11.2 Å². The molecule has 2 aliphatic rings. The number of nitrogens with zero attached hydrogens (tertiary/aromatic N) is 2. The van der Waals surface area contributed by atoms with E-state index in [1.807, 2.05) is 0 Å². The molecule has 2 heterocycles. The summed E-state index contributed by atoms with van der Waals surface area (Å²) in [6, 6.07) is 2.89. The lowest BCUT2D eigenvalue weighted by atomic mass is 9.91. The molecule has 100 valence electrons. The summed E-state index contributed by atoms with van der Waals surface area (Å²) in [7, 11) is 2.14. The molecule has 3 nitrogen and oxygen atoms in total. The Morgan fingerprint density at radius 2 is 2.37 bits per heavy atom. The van der Waals surface area contributed by atoms with Crippen molar-refractivity contribution in [2.75, 3.05) is 20.1 Å². The van der Waals surface area contributed by atoms with Gasteiger partial charge in [0.15, 0.2) is 0 Å². The molecular weight excluding hydrogens is 265 g/mol. The molecule has 2 atom stereocenters. The minimum absolute atomic E-state index is 0.113. The van der Waals surface area contributed by atoms with Gasteiger partial charge in [-0.1, -0.05) is 11.6 Å². The highest BCUT2D eigenvalue weighted by Gasteiger charge is 2.59. The summed E-state index contributed by atoms with van der Waals surface area (Å²) in [6.45, 7) is 2.15. The van der Waals surface area contributed by atoms with Crippen molar-refractivity contribution in [3.8, 4) is 0 Å². The van der Waals surface area contributed by atoms with Gasteiger partial charge in [-0.3, -0.25) is 5.10 Å². The van der Waals surface area contributed by atoms with E-state index in [0.717, 1.165) is 36.1 Å². The third kappa shape index (κ3) is 1.56. The molecule has 1 aromatic heterocycles. The van der Waals surface area contributed by atoms with Crippen LogP contribution in [0.4, 0.5) is 4.39 Å². The van der Waals surface area contributed by atoms with Gasteiger partial charge in [-0.05, 0) is 44.5 Å². The number of hydrogen-bond donors (Lipinski definition) is 1. The van der Waals surface area contributed by atoms with Crippen LogP contribution in [0.15, 0.2) is 12.1 Å². The highest BCUT2D eigenvalue weighted by Crippen LogP contribution is 2.59. The van der Waals surface area contributed by atoms with E-state index >= 15 is 0 Å². The molecule has 1 saturated heterocycles. The summed E-state index contributed by atoms with van der Waals surface area (Å²) < 4.78 is 13.6. The molecule has 1 saturated carbocycles. The maximum Gasteiger partial charge on any atom is 0.125 e. The number of aromatic nitrogens is 2. The smallest absolute Gasteiger partial charge is 0.125 e. The van der Waals surface area contributed by atoms with Crippen LogP contribution in [-0.4, -0.2) is 35.2 Å². The van der Waals surface area contributed by atoms with Crippen LogP contribution in [0.5, 0.6) is 0 Å². The van der Waals surface area contributed by atoms with Crippen molar-refractivity contribution < 1.29 is 4.39 Å². The highest BCUT2D eigenvalue weighted by molar-refractivity contribution is 6.35. The summed E-state index contributed by atoms with van der Waals surface area (Å²) in [5, 5.41) is 8.71. The van der Waals surface area contributed by atoms with Gasteiger partial charge < -0.3 is 4.90 Å². The van der Waals surface area contributed by atoms with Crippen molar-refractivity contribution in [3.63, 3.8) is 0 Å². The average Bonchev–Trinajstić information content (AvgIpc) is 2.90. The van der Waals surface area contributed by atoms with Gasteiger partial charge >= 0.3 is 0 Å². The molecule has 1 aromatic carbocycles. The van der Waals surface area contributed by atoms with Crippen LogP contribution < -0.4 is 0 Å². The zero-order chi connectivity index (χ0) is 13.2. The van der Waals surface area contributed by atoms with Crippen LogP contribution in [0.1, 0.15) is 18.5 Å². The van der Waals surface area contributed by atoms with E-state index in [1.165, 1.54) is 12.5 Å². The zero-order valence-electron chi connectivity index (χ0n) is 10.7. The average molecular weight is 280 g/mol. The molecule has 2 aromatic rings. The third-order valence-electron chi connectivity index (χ3n) is 4.70. The van der Waals surface area contributed by atoms with Crippen LogP contribution >= 0.6 is 11.6 Å². The fourth-order valence-electron chi connectivity index (χ4n) is 3.68. The van der Waals surface area contributed by atoms with Crippen molar-refractivity contribution in [1.29, 1.82) is 0 Å². The molecule has 1 aliphatic carbocycles. The topological polar surface area (TPSA) is 31.9 Å². The summed E-state index contributed by atoms with van der Waals surface area (Å²) in [6.07, 6.45) is 2.36. The Labute approximate surface area is 115 Å². The summed E-state index contributed by atoms with van der Waals surface area (Å²) in [5.74, 6) is 0.398. The Balaban J connectivity index is 1.88. The van der Waals surface area contributed by atoms with Crippen molar-refractivity contribution in [3.05, 3.63) is 28.7 Å². The molecule has 5 heteroatoms. The van der Waals surface area contributed by atoms with Crippen molar-refractivity contribution >= 4 is 22.5 Å². The van der Waals surface area contributed by atoms with E-state index < -0.39 is 0 Å². The minimum atomic E-state index is -0.294. The number of aromatic amines is 1. The fourth-order valence-corrected chi connectivity index (χ4v) is 3.93. The summed E-state index contributed by atoms with van der Waals surface area (Å²) in [5.41, 5.74) is 1.87. The van der Waals surface area contributed by atoms with Crippen LogP contribution in [0, 0.1) is 11.7 Å². The molecule has 19 heavy (non-hydrogen) atoms. The second kappa shape index (κ2) is 3.70. The number of halogens is 2. The SMILES string of the molecule is CN1CC[C@@H]2CC2(c2n[nH]c3c(Cl)cc(F)cc23)C1. The number of hydrogen-bond acceptors (Lipinski definition) is 2. The third-order valence-corrected chi connectivity index (χ3v) is 5.00. The number of nitrogens with one attached hydrogen (secondary N) is 1. The Morgan fingerprint density at radius 3 is 3.21 bits per heavy atom. The number of rotatable bonds is 1. The molecule has 0 spiro atoms. The molecule has 0 bridgehead atoms. The van der Waals surface area contributed by atoms with Gasteiger partial charge in [0, 0.05) is 17.3 Å². The van der Waals surface area contributed by atoms with Gasteiger partial charge in [0.2, 0.25) is 0 Å². The number of likely N-dealkylation sites (tertiary alicyclic amines) is 1. The largest absolute Gasteiger partial charge is 0.305 e. The number of piperidine rings is 1. The van der Waals surface area contributed by atoms with Gasteiger partial charge in [0.05, 0.1) is 16.2 Å². The van der Waals surface area contributed by atoms with Crippen LogP contribution in [0.25, 0.3) is 10.9 Å². The maximum absolute atomic E-state index is 13.6. The van der Waals surface area contributed by atoms with Crippen LogP contribution in [-0.2, 0) is 5.41 Å². The molecule has 1 aliphatic heterocycles. The van der Waals surface area contributed by atoms with Crippen molar-refractivity contribution in [2.45, 2.75) is 18.3 Å². The van der Waals surface area contributed by atoms with Gasteiger partial charge in [-0.25, -0.2) is 4.39 Å². The monoisotopic (exact) mass is 279 g/mol. The standard InChI is InChI=1S/C14H15ClFN3/c1-19-3-2-8-6-14(8,7-19)13-10-4-9(16)5-11(15)12(10)17-18-13/h4-5,8H,2-3,6-7H2,1H3,(H,17,18)/t8-,14?/m1/s1. The highest BCUT2D eigenvalue weighted by atomic mass is 35.5. The maximum atomic E-state index is 13.6. The predicted octanol–water partition coefficient (Wildman–Crippen LogP) is 2.95. The Morgan fingerprint density at radius 1 is 1.53 bits per heavy atom. The van der Waals surface area contributed by atoms with E-state index in [2.05, 4.69) is 22.1 Å². The van der Waals surface area contributed by atoms with Gasteiger partial charge in [0.25, 0.3) is 0 Å². The van der Waals surface area contributed by atoms with Crippen LogP contribution in [0.3, 0.4) is 0 Å². The number of H-pyrrole nitrogens is 1. The number of fused-ring (bicyclic) bond motifs is 2. The molecule has 0 radical (unpaired) electrons. The first kappa shape index (κ1) is 11.7. The molecule has 4 rings (SSSR count). The first-order valence-corrected chi connectivity index (χ1v) is 7.00. The van der Waals surface area contributed by atoms with Gasteiger partial charge in [-0.15, -0.1) is 0 Å². The Bertz CT molecular complexity index is 668. The molecule has 1 unspecified atom stereocenters. The Kier molecular flexibility index (Phi) is 2.28. The predicted molar refractivity (Wildman–Crippen MR) is 73.0 cm³/mol. The minimum Gasteiger partial charge on any atom is -0.305 e. The van der Waals surface area contributed by atoms with Gasteiger partial charge in [0.1, 0.15) is 5.82 Å². The van der Waals surface area contributed by atoms with Crippen LogP contribution in [0.2, 0.25) is 5.02 Å². The molecular formula is C14H15ClFN3. The zero-order valence-corrected chi connectivity index (χ0v) is 11.5. The van der Waals surface area contributed by atoms with Crippen molar-refractivity contribution in [2.24, 2.45) is 5.92 Å². The quantitative estimate of drug-likeness (QED) is 0.870. The molecule has 1 N–H and O–H groups in total. The molecule has 0 amide bonds. The normalized spacial score (nSPS) is 30.6. The first-order valence-electron chi connectivity index (χ1n) is 6.62. The fraction of sp³-hybridized carbons (Fsp3) is 0.500. The van der Waals surface area contributed by atoms with E-state index in [9.17, 15) is 4.39 Å². The lowest BCUT2D eigenvalue weighted by Crippen LogP contribution is -2.36. The van der Waals surface area contributed by atoms with E-state index in [1.54, 1.807) is 6.07 Å². The number of benzene rings is 1. The number of likely N-dealkylation sites (N-methyl/N-ethyl adjacent to an activating group) is 1. The van der Waals surface area contributed by atoms with E-state index in [0.29, 0.717) is 10.9 Å². The summed E-state index contributed by atoms with van der Waals surface area (Å²) in [4.78, 5) is 2.34. The Hall–Kier alpha value is -1.13. The molecule has 2 fully saturated rings. The van der Waals surface area contributed by atoms with E-state index in [4.69, 9.17) is 11.6 Å². The lowest BCUT2D eigenvalue weighted by Gasteiger charge is -2.28.